The number of fused-ring (bicyclic) bond motifs is 1. The van der Waals surface area contributed by atoms with Crippen molar-refractivity contribution in [1.29, 1.82) is 0 Å². The van der Waals surface area contributed by atoms with Gasteiger partial charge in [0.25, 0.3) is 5.56 Å². The summed E-state index contributed by atoms with van der Waals surface area (Å²) in [7, 11) is 0. The van der Waals surface area contributed by atoms with Crippen molar-refractivity contribution >= 4 is 27.5 Å². The Morgan fingerprint density at radius 2 is 1.84 bits per heavy atom. The molecule has 0 unspecified atom stereocenters. The number of carbonyl (C=O) groups is 1. The molecule has 0 atom stereocenters. The van der Waals surface area contributed by atoms with Gasteiger partial charge in [-0.1, -0.05) is 42.0 Å². The molecule has 0 amide bonds. The van der Waals surface area contributed by atoms with Crippen LogP contribution in [0.15, 0.2) is 65.0 Å². The number of nitrogens with zero attached hydrogens (tertiary/aromatic N) is 2. The molecule has 0 saturated heterocycles. The van der Waals surface area contributed by atoms with Crippen molar-refractivity contribution in [2.24, 2.45) is 0 Å². The highest BCUT2D eigenvalue weighted by molar-refractivity contribution is 7.17. The fourth-order valence-corrected chi connectivity index (χ4v) is 4.13. The molecule has 6 nitrogen and oxygen atoms in total. The maximum atomic E-state index is 13.0. The van der Waals surface area contributed by atoms with Crippen LogP contribution in [0.3, 0.4) is 0 Å². The van der Waals surface area contributed by atoms with Gasteiger partial charge in [-0.2, -0.15) is 0 Å². The molecule has 0 aliphatic carbocycles. The van der Waals surface area contributed by atoms with Gasteiger partial charge in [-0.3, -0.25) is 14.2 Å². The standard InChI is InChI=1S/C24H22N2O4S/c1-3-29-21(27)12-26-15-25-23-22(24(26)28)20(14-31-23)18-8-10-19(11-9-18)30-13-17-6-4-16(2)5-7-17/h4-11,14-15H,3,12-13H2,1-2H3. The molecule has 2 heterocycles. The third-order valence-corrected chi connectivity index (χ3v) is 5.74. The van der Waals surface area contributed by atoms with E-state index in [0.717, 1.165) is 22.4 Å². The molecular formula is C24H22N2O4S. The van der Waals surface area contributed by atoms with Crippen LogP contribution in [0, 0.1) is 6.92 Å². The van der Waals surface area contributed by atoms with Crippen LogP contribution >= 0.6 is 11.3 Å². The second-order valence-electron chi connectivity index (χ2n) is 7.11. The summed E-state index contributed by atoms with van der Waals surface area (Å²) < 4.78 is 12.1. The molecule has 0 N–H and O–H groups in total. The van der Waals surface area contributed by atoms with Crippen molar-refractivity contribution in [3.8, 4) is 16.9 Å². The lowest BCUT2D eigenvalue weighted by molar-refractivity contribution is -0.143. The maximum absolute atomic E-state index is 13.0. The lowest BCUT2D eigenvalue weighted by Crippen LogP contribution is -2.25. The van der Waals surface area contributed by atoms with Gasteiger partial charge >= 0.3 is 5.97 Å². The Hall–Kier alpha value is -3.45. The van der Waals surface area contributed by atoms with Crippen LogP contribution in [-0.4, -0.2) is 22.1 Å². The number of ether oxygens (including phenoxy) is 2. The smallest absolute Gasteiger partial charge is 0.326 e. The van der Waals surface area contributed by atoms with Crippen molar-refractivity contribution in [2.45, 2.75) is 27.0 Å². The number of carbonyl (C=O) groups excluding carboxylic acids is 1. The molecule has 4 rings (SSSR count). The quantitative estimate of drug-likeness (QED) is 0.398. The van der Waals surface area contributed by atoms with Crippen LogP contribution in [0.2, 0.25) is 0 Å². The average Bonchev–Trinajstić information content (AvgIpc) is 3.21. The van der Waals surface area contributed by atoms with E-state index in [4.69, 9.17) is 9.47 Å². The van der Waals surface area contributed by atoms with Crippen molar-refractivity contribution in [1.82, 2.24) is 9.55 Å². The number of benzene rings is 2. The number of aromatic nitrogens is 2. The van der Waals surface area contributed by atoms with Gasteiger partial charge in [0, 0.05) is 10.9 Å². The van der Waals surface area contributed by atoms with E-state index in [2.05, 4.69) is 36.2 Å². The minimum absolute atomic E-state index is 0.156. The highest BCUT2D eigenvalue weighted by Crippen LogP contribution is 2.31. The van der Waals surface area contributed by atoms with E-state index in [-0.39, 0.29) is 18.7 Å². The van der Waals surface area contributed by atoms with Crippen molar-refractivity contribution in [2.75, 3.05) is 6.61 Å². The highest BCUT2D eigenvalue weighted by atomic mass is 32.1. The van der Waals surface area contributed by atoms with Gasteiger partial charge in [0.1, 0.15) is 23.7 Å². The third-order valence-electron chi connectivity index (χ3n) is 4.86. The zero-order valence-corrected chi connectivity index (χ0v) is 18.1. The summed E-state index contributed by atoms with van der Waals surface area (Å²) in [5, 5.41) is 2.42. The predicted molar refractivity (Wildman–Crippen MR) is 121 cm³/mol. The van der Waals surface area contributed by atoms with E-state index in [0.29, 0.717) is 16.8 Å². The van der Waals surface area contributed by atoms with Gasteiger partial charge < -0.3 is 9.47 Å². The second kappa shape index (κ2) is 9.14. The number of hydrogen-bond acceptors (Lipinski definition) is 6. The average molecular weight is 435 g/mol. The Bertz CT molecular complexity index is 1260. The van der Waals surface area contributed by atoms with E-state index in [1.807, 2.05) is 29.6 Å². The molecule has 0 spiro atoms. The molecule has 4 aromatic rings. The Morgan fingerprint density at radius 1 is 1.10 bits per heavy atom. The zero-order valence-electron chi connectivity index (χ0n) is 17.3. The third kappa shape index (κ3) is 4.67. The molecule has 0 fully saturated rings. The number of thiophene rings is 1. The molecule has 0 aliphatic rings. The molecule has 158 valence electrons. The number of hydrogen-bond donors (Lipinski definition) is 0. The number of aryl methyl sites for hydroxylation is 1. The van der Waals surface area contributed by atoms with Crippen molar-refractivity contribution in [3.05, 3.63) is 81.7 Å². The minimum atomic E-state index is -0.461. The van der Waals surface area contributed by atoms with Gasteiger partial charge in [0.15, 0.2) is 0 Å². The Kier molecular flexibility index (Phi) is 6.13. The summed E-state index contributed by atoms with van der Waals surface area (Å²) in [5.41, 5.74) is 3.75. The van der Waals surface area contributed by atoms with Gasteiger partial charge in [0.05, 0.1) is 18.3 Å². The van der Waals surface area contributed by atoms with Crippen LogP contribution in [0.4, 0.5) is 0 Å². The van der Waals surface area contributed by atoms with Crippen LogP contribution in [0.25, 0.3) is 21.3 Å². The lowest BCUT2D eigenvalue weighted by atomic mass is 10.1. The fourth-order valence-electron chi connectivity index (χ4n) is 3.22. The van der Waals surface area contributed by atoms with Gasteiger partial charge in [-0.05, 0) is 37.1 Å². The minimum Gasteiger partial charge on any atom is -0.489 e. The first-order valence-corrected chi connectivity index (χ1v) is 10.8. The van der Waals surface area contributed by atoms with Crippen molar-refractivity contribution < 1.29 is 14.3 Å². The normalized spacial score (nSPS) is 10.9. The summed E-state index contributed by atoms with van der Waals surface area (Å²) in [4.78, 5) is 29.7. The van der Waals surface area contributed by atoms with E-state index >= 15 is 0 Å². The van der Waals surface area contributed by atoms with Crippen LogP contribution in [0.5, 0.6) is 5.75 Å². The first-order valence-electron chi connectivity index (χ1n) is 9.96. The monoisotopic (exact) mass is 434 g/mol. The first-order chi connectivity index (χ1) is 15.0. The SMILES string of the molecule is CCOC(=O)Cn1cnc2scc(-c3ccc(OCc4ccc(C)cc4)cc3)c2c1=O. The molecule has 31 heavy (non-hydrogen) atoms. The maximum Gasteiger partial charge on any atom is 0.326 e. The molecule has 0 aliphatic heterocycles. The predicted octanol–water partition coefficient (Wildman–Crippen LogP) is 4.58. The lowest BCUT2D eigenvalue weighted by Gasteiger charge is -2.08. The van der Waals surface area contributed by atoms with Gasteiger partial charge in [-0.25, -0.2) is 4.98 Å². The molecule has 2 aromatic heterocycles. The summed E-state index contributed by atoms with van der Waals surface area (Å²) in [6.07, 6.45) is 1.39. The Labute approximate surface area is 183 Å². The van der Waals surface area contributed by atoms with Gasteiger partial charge in [0.2, 0.25) is 0 Å². The second-order valence-corrected chi connectivity index (χ2v) is 7.97. The summed E-state index contributed by atoms with van der Waals surface area (Å²) in [5.74, 6) is 0.291. The molecule has 2 aromatic carbocycles. The summed E-state index contributed by atoms with van der Waals surface area (Å²) in [6.45, 7) is 4.39. The number of rotatable bonds is 7. The van der Waals surface area contributed by atoms with Crippen LogP contribution in [-0.2, 0) is 22.7 Å². The molecule has 0 saturated carbocycles. The fraction of sp³-hybridized carbons (Fsp3) is 0.208. The first kappa shape index (κ1) is 20.8. The van der Waals surface area contributed by atoms with E-state index in [1.54, 1.807) is 6.92 Å². The summed E-state index contributed by atoms with van der Waals surface area (Å²) >= 11 is 1.40. The molecule has 0 bridgehead atoms. The zero-order chi connectivity index (χ0) is 21.8. The Morgan fingerprint density at radius 3 is 2.55 bits per heavy atom. The number of esters is 1. The highest BCUT2D eigenvalue weighted by Gasteiger charge is 2.15. The van der Waals surface area contributed by atoms with Gasteiger partial charge in [-0.15, -0.1) is 11.3 Å². The van der Waals surface area contributed by atoms with Crippen LogP contribution in [0.1, 0.15) is 18.1 Å². The van der Waals surface area contributed by atoms with Crippen LogP contribution < -0.4 is 10.3 Å². The van der Waals surface area contributed by atoms with E-state index in [1.165, 1.54) is 27.8 Å². The largest absolute Gasteiger partial charge is 0.489 e. The molecule has 0 radical (unpaired) electrons. The molecular weight excluding hydrogens is 412 g/mol. The topological polar surface area (TPSA) is 70.4 Å². The van der Waals surface area contributed by atoms with E-state index < -0.39 is 5.97 Å². The van der Waals surface area contributed by atoms with Crippen molar-refractivity contribution in [3.63, 3.8) is 0 Å². The van der Waals surface area contributed by atoms with E-state index in [9.17, 15) is 9.59 Å². The molecule has 7 heteroatoms. The Balaban J connectivity index is 1.56. The summed E-state index contributed by atoms with van der Waals surface area (Å²) in [6, 6.07) is 15.9.